The van der Waals surface area contributed by atoms with Crippen molar-refractivity contribution < 1.29 is 18.9 Å². The normalized spacial score (nSPS) is 21.5. The second kappa shape index (κ2) is 9.37. The summed E-state index contributed by atoms with van der Waals surface area (Å²) in [6, 6.07) is 15.2. The predicted octanol–water partition coefficient (Wildman–Crippen LogP) is 5.25. The van der Waals surface area contributed by atoms with Crippen molar-refractivity contribution in [3.05, 3.63) is 69.7 Å². The molecule has 0 radical (unpaired) electrons. The average molecular weight is 411 g/mol. The molecule has 0 spiro atoms. The van der Waals surface area contributed by atoms with E-state index in [1.165, 1.54) is 0 Å². The Bertz CT molecular complexity index is 654. The molecule has 0 N–H and O–H groups in total. The van der Waals surface area contributed by atoms with Crippen molar-refractivity contribution in [3.63, 3.8) is 0 Å². The molecule has 0 aliphatic carbocycles. The Morgan fingerprint density at radius 3 is 1.48 bits per heavy atom. The first-order valence-electron chi connectivity index (χ1n) is 8.91. The fourth-order valence-electron chi connectivity index (χ4n) is 2.94. The maximum atomic E-state index is 5.97. The third kappa shape index (κ3) is 6.46. The fourth-order valence-corrected chi connectivity index (χ4v) is 3.19. The molecular weight excluding hydrogens is 387 g/mol. The van der Waals surface area contributed by atoms with E-state index in [9.17, 15) is 0 Å². The summed E-state index contributed by atoms with van der Waals surface area (Å²) in [7, 11) is 0. The van der Waals surface area contributed by atoms with Crippen LogP contribution < -0.4 is 0 Å². The van der Waals surface area contributed by atoms with Gasteiger partial charge in [-0.25, -0.2) is 0 Å². The van der Waals surface area contributed by atoms with E-state index >= 15 is 0 Å². The van der Waals surface area contributed by atoms with E-state index in [0.29, 0.717) is 36.5 Å². The zero-order valence-corrected chi connectivity index (χ0v) is 17.0. The minimum atomic E-state index is -0.650. The lowest BCUT2D eigenvalue weighted by Gasteiger charge is -2.17. The van der Waals surface area contributed by atoms with Gasteiger partial charge in [-0.05, 0) is 49.2 Å². The molecule has 1 fully saturated rings. The Hall–Kier alpha value is -1.14. The second-order valence-corrected chi connectivity index (χ2v) is 7.87. The van der Waals surface area contributed by atoms with E-state index in [4.69, 9.17) is 42.1 Å². The highest BCUT2D eigenvalue weighted by molar-refractivity contribution is 6.30. The Morgan fingerprint density at radius 1 is 0.741 bits per heavy atom. The van der Waals surface area contributed by atoms with Crippen LogP contribution in [0.25, 0.3) is 0 Å². The lowest BCUT2D eigenvalue weighted by molar-refractivity contribution is -0.154. The summed E-state index contributed by atoms with van der Waals surface area (Å²) in [4.78, 5) is 0. The van der Waals surface area contributed by atoms with Crippen LogP contribution in [0.1, 0.15) is 25.0 Å². The first-order chi connectivity index (χ1) is 12.9. The molecule has 0 bridgehead atoms. The number of ether oxygens (including phenoxy) is 4. The molecule has 1 heterocycles. The molecule has 1 aliphatic heterocycles. The van der Waals surface area contributed by atoms with Crippen LogP contribution in [0.2, 0.25) is 10.0 Å². The highest BCUT2D eigenvalue weighted by Crippen LogP contribution is 2.29. The molecule has 0 unspecified atom stereocenters. The molecule has 146 valence electrons. The van der Waals surface area contributed by atoms with Crippen molar-refractivity contribution in [2.45, 2.75) is 45.1 Å². The van der Waals surface area contributed by atoms with Gasteiger partial charge in [-0.2, -0.15) is 0 Å². The van der Waals surface area contributed by atoms with Crippen LogP contribution in [-0.4, -0.2) is 31.2 Å². The highest BCUT2D eigenvalue weighted by Gasteiger charge is 2.41. The molecule has 2 atom stereocenters. The van der Waals surface area contributed by atoms with Gasteiger partial charge in [0.25, 0.3) is 0 Å². The quantitative estimate of drug-likeness (QED) is 0.595. The molecule has 4 nitrogen and oxygen atoms in total. The molecule has 3 rings (SSSR count). The summed E-state index contributed by atoms with van der Waals surface area (Å²) < 4.78 is 23.6. The summed E-state index contributed by atoms with van der Waals surface area (Å²) in [6.45, 7) is 5.66. The van der Waals surface area contributed by atoms with Crippen molar-refractivity contribution in [2.24, 2.45) is 0 Å². The van der Waals surface area contributed by atoms with Crippen LogP contribution in [-0.2, 0) is 32.2 Å². The Morgan fingerprint density at radius 2 is 1.11 bits per heavy atom. The van der Waals surface area contributed by atoms with Gasteiger partial charge in [0, 0.05) is 10.0 Å². The molecule has 6 heteroatoms. The third-order valence-electron chi connectivity index (χ3n) is 4.21. The van der Waals surface area contributed by atoms with Gasteiger partial charge in [-0.1, -0.05) is 47.5 Å². The lowest BCUT2D eigenvalue weighted by atomic mass is 10.2. The van der Waals surface area contributed by atoms with Gasteiger partial charge < -0.3 is 18.9 Å². The second-order valence-electron chi connectivity index (χ2n) is 7.00. The number of benzene rings is 2. The molecule has 0 saturated carbocycles. The van der Waals surface area contributed by atoms with Gasteiger partial charge in [0.05, 0.1) is 26.4 Å². The summed E-state index contributed by atoms with van der Waals surface area (Å²) in [5.74, 6) is -0.650. The van der Waals surface area contributed by atoms with Crippen molar-refractivity contribution in [1.29, 1.82) is 0 Å². The molecule has 2 aromatic rings. The molecule has 2 aromatic carbocycles. The van der Waals surface area contributed by atoms with Gasteiger partial charge >= 0.3 is 0 Å². The van der Waals surface area contributed by atoms with Crippen LogP contribution >= 0.6 is 23.2 Å². The lowest BCUT2D eigenvalue weighted by Crippen LogP contribution is -2.31. The van der Waals surface area contributed by atoms with Crippen molar-refractivity contribution in [3.8, 4) is 0 Å². The first kappa shape index (κ1) is 20.6. The summed E-state index contributed by atoms with van der Waals surface area (Å²) in [5.41, 5.74) is 2.13. The Labute approximate surface area is 170 Å². The van der Waals surface area contributed by atoms with Gasteiger partial charge in [-0.3, -0.25) is 0 Å². The number of hydrogen-bond acceptors (Lipinski definition) is 4. The van der Waals surface area contributed by atoms with E-state index in [1.54, 1.807) is 0 Å². The van der Waals surface area contributed by atoms with Gasteiger partial charge in [0.2, 0.25) is 0 Å². The minimum absolute atomic E-state index is 0.183. The third-order valence-corrected chi connectivity index (χ3v) is 4.72. The molecule has 1 aliphatic rings. The molecule has 1 saturated heterocycles. The van der Waals surface area contributed by atoms with Crippen LogP contribution in [0.4, 0.5) is 0 Å². The smallest absolute Gasteiger partial charge is 0.163 e. The fraction of sp³-hybridized carbons (Fsp3) is 0.429. The predicted molar refractivity (Wildman–Crippen MR) is 106 cm³/mol. The van der Waals surface area contributed by atoms with E-state index in [0.717, 1.165) is 11.1 Å². The van der Waals surface area contributed by atoms with E-state index in [-0.39, 0.29) is 12.2 Å². The van der Waals surface area contributed by atoms with Crippen LogP contribution in [0.15, 0.2) is 48.5 Å². The molecular formula is C21H24Cl2O4. The first-order valence-corrected chi connectivity index (χ1v) is 9.67. The highest BCUT2D eigenvalue weighted by atomic mass is 35.5. The number of halogens is 2. The van der Waals surface area contributed by atoms with Gasteiger partial charge in [-0.15, -0.1) is 0 Å². The summed E-state index contributed by atoms with van der Waals surface area (Å²) in [5, 5.41) is 1.43. The topological polar surface area (TPSA) is 36.9 Å². The molecule has 27 heavy (non-hydrogen) atoms. The van der Waals surface area contributed by atoms with Crippen LogP contribution in [0.5, 0.6) is 0 Å². The standard InChI is InChI=1S/C21H24Cl2O4/c1-21(2)26-19(13-24-11-15-3-7-17(22)8-4-15)20(27-21)14-25-12-16-5-9-18(23)10-6-16/h3-10,19-20H,11-14H2,1-2H3/t19-,20-/m1/s1. The zero-order chi connectivity index (χ0) is 19.3. The Kier molecular flexibility index (Phi) is 7.15. The molecule has 0 aromatic heterocycles. The summed E-state index contributed by atoms with van der Waals surface area (Å²) in [6.07, 6.45) is -0.366. The zero-order valence-electron chi connectivity index (χ0n) is 15.5. The van der Waals surface area contributed by atoms with E-state index in [2.05, 4.69) is 0 Å². The maximum Gasteiger partial charge on any atom is 0.163 e. The number of hydrogen-bond donors (Lipinski definition) is 0. The van der Waals surface area contributed by atoms with E-state index in [1.807, 2.05) is 62.4 Å². The van der Waals surface area contributed by atoms with Crippen LogP contribution in [0, 0.1) is 0 Å². The van der Waals surface area contributed by atoms with Crippen molar-refractivity contribution >= 4 is 23.2 Å². The van der Waals surface area contributed by atoms with Gasteiger partial charge in [0.1, 0.15) is 12.2 Å². The van der Waals surface area contributed by atoms with Crippen molar-refractivity contribution in [2.75, 3.05) is 13.2 Å². The van der Waals surface area contributed by atoms with Crippen molar-refractivity contribution in [1.82, 2.24) is 0 Å². The van der Waals surface area contributed by atoms with Crippen LogP contribution in [0.3, 0.4) is 0 Å². The van der Waals surface area contributed by atoms with E-state index < -0.39 is 5.79 Å². The average Bonchev–Trinajstić information content (AvgIpc) is 2.92. The maximum absolute atomic E-state index is 5.97. The SMILES string of the molecule is CC1(C)O[C@H](COCc2ccc(Cl)cc2)[C@@H](COCc2ccc(Cl)cc2)O1. The monoisotopic (exact) mass is 410 g/mol. The number of rotatable bonds is 8. The van der Waals surface area contributed by atoms with Gasteiger partial charge in [0.15, 0.2) is 5.79 Å². The largest absolute Gasteiger partial charge is 0.374 e. The Balaban J connectivity index is 1.47. The summed E-state index contributed by atoms with van der Waals surface area (Å²) >= 11 is 11.8. The molecule has 0 amide bonds. The minimum Gasteiger partial charge on any atom is -0.374 e.